The second-order valence-electron chi connectivity index (χ2n) is 2.53. The van der Waals surface area contributed by atoms with Gasteiger partial charge in [-0.2, -0.15) is 0 Å². The second-order valence-corrected chi connectivity index (χ2v) is 2.53. The topological polar surface area (TPSA) is 66.5 Å². The molecule has 3 heteroatoms. The molecule has 0 saturated carbocycles. The standard InChI is InChI=1S/C6H15NO2/c1-6(9,5-7)3-2-4-8/h8-9H,2-5,7H2,1H3/t6-/m0/s1. The van der Waals surface area contributed by atoms with Crippen molar-refractivity contribution >= 4 is 0 Å². The third-order valence-electron chi connectivity index (χ3n) is 1.31. The molecule has 9 heavy (non-hydrogen) atoms. The Bertz CT molecular complexity index is 73.5. The maximum Gasteiger partial charge on any atom is 0.0742 e. The van der Waals surface area contributed by atoms with Crippen LogP contribution < -0.4 is 5.73 Å². The summed E-state index contributed by atoms with van der Waals surface area (Å²) in [6, 6.07) is 0. The Hall–Kier alpha value is -0.120. The van der Waals surface area contributed by atoms with Crippen molar-refractivity contribution in [1.82, 2.24) is 0 Å². The van der Waals surface area contributed by atoms with Crippen LogP contribution in [-0.2, 0) is 0 Å². The average Bonchev–Trinajstić information content (AvgIpc) is 1.84. The molecule has 0 fully saturated rings. The van der Waals surface area contributed by atoms with Crippen LogP contribution >= 0.6 is 0 Å². The molecule has 3 nitrogen and oxygen atoms in total. The third kappa shape index (κ3) is 4.39. The highest BCUT2D eigenvalue weighted by Crippen LogP contribution is 2.08. The molecule has 0 aromatic carbocycles. The van der Waals surface area contributed by atoms with Crippen molar-refractivity contribution < 1.29 is 10.2 Å². The Labute approximate surface area is 55.5 Å². The quantitative estimate of drug-likeness (QED) is 0.483. The van der Waals surface area contributed by atoms with Crippen molar-refractivity contribution in [2.75, 3.05) is 13.2 Å². The van der Waals surface area contributed by atoms with Crippen molar-refractivity contribution in [3.05, 3.63) is 0 Å². The third-order valence-corrected chi connectivity index (χ3v) is 1.31. The van der Waals surface area contributed by atoms with E-state index in [1.165, 1.54) is 0 Å². The molecule has 56 valence electrons. The molecular weight excluding hydrogens is 118 g/mol. The largest absolute Gasteiger partial charge is 0.396 e. The van der Waals surface area contributed by atoms with E-state index in [4.69, 9.17) is 10.8 Å². The van der Waals surface area contributed by atoms with Crippen LogP contribution in [0.25, 0.3) is 0 Å². The van der Waals surface area contributed by atoms with Gasteiger partial charge < -0.3 is 15.9 Å². The number of hydrogen-bond donors (Lipinski definition) is 3. The molecule has 0 bridgehead atoms. The lowest BCUT2D eigenvalue weighted by Gasteiger charge is -2.19. The Morgan fingerprint density at radius 1 is 1.56 bits per heavy atom. The molecule has 0 aromatic rings. The molecule has 0 heterocycles. The molecule has 0 saturated heterocycles. The number of aliphatic hydroxyl groups is 2. The van der Waals surface area contributed by atoms with E-state index < -0.39 is 5.60 Å². The molecule has 0 unspecified atom stereocenters. The van der Waals surface area contributed by atoms with Crippen LogP contribution in [-0.4, -0.2) is 29.0 Å². The van der Waals surface area contributed by atoms with Gasteiger partial charge in [0.2, 0.25) is 0 Å². The van der Waals surface area contributed by atoms with E-state index in [0.29, 0.717) is 12.8 Å². The lowest BCUT2D eigenvalue weighted by Crippen LogP contribution is -2.34. The highest BCUT2D eigenvalue weighted by Gasteiger charge is 2.16. The molecule has 0 rings (SSSR count). The number of rotatable bonds is 4. The van der Waals surface area contributed by atoms with Crippen molar-refractivity contribution in [2.24, 2.45) is 5.73 Å². The summed E-state index contributed by atoms with van der Waals surface area (Å²) < 4.78 is 0. The summed E-state index contributed by atoms with van der Waals surface area (Å²) in [7, 11) is 0. The van der Waals surface area contributed by atoms with E-state index in [9.17, 15) is 5.11 Å². The smallest absolute Gasteiger partial charge is 0.0742 e. The summed E-state index contributed by atoms with van der Waals surface area (Å²) in [5.41, 5.74) is 4.43. The molecule has 0 amide bonds. The Morgan fingerprint density at radius 3 is 2.44 bits per heavy atom. The highest BCUT2D eigenvalue weighted by atomic mass is 16.3. The van der Waals surface area contributed by atoms with Gasteiger partial charge in [0.15, 0.2) is 0 Å². The van der Waals surface area contributed by atoms with Gasteiger partial charge in [-0.3, -0.25) is 0 Å². The molecule has 0 aliphatic carbocycles. The zero-order valence-corrected chi connectivity index (χ0v) is 5.80. The minimum atomic E-state index is -0.789. The van der Waals surface area contributed by atoms with E-state index in [2.05, 4.69) is 0 Å². The van der Waals surface area contributed by atoms with Gasteiger partial charge >= 0.3 is 0 Å². The first kappa shape index (κ1) is 8.88. The predicted octanol–water partition coefficient (Wildman–Crippen LogP) is -0.531. The van der Waals surface area contributed by atoms with Gasteiger partial charge in [-0.05, 0) is 19.8 Å². The van der Waals surface area contributed by atoms with E-state index in [-0.39, 0.29) is 13.2 Å². The van der Waals surface area contributed by atoms with Crippen LogP contribution in [0.4, 0.5) is 0 Å². The summed E-state index contributed by atoms with van der Waals surface area (Å²) in [4.78, 5) is 0. The molecule has 1 atom stereocenters. The van der Waals surface area contributed by atoms with Crippen molar-refractivity contribution in [3.8, 4) is 0 Å². The maximum absolute atomic E-state index is 9.22. The summed E-state index contributed by atoms with van der Waals surface area (Å²) in [5.74, 6) is 0. The van der Waals surface area contributed by atoms with Gasteiger partial charge in [-0.15, -0.1) is 0 Å². The SMILES string of the molecule is C[C@@](O)(CN)CCCO. The molecule has 0 aromatic heterocycles. The monoisotopic (exact) mass is 133 g/mol. The van der Waals surface area contributed by atoms with Crippen molar-refractivity contribution in [3.63, 3.8) is 0 Å². The number of nitrogens with two attached hydrogens (primary N) is 1. The van der Waals surface area contributed by atoms with Crippen molar-refractivity contribution in [2.45, 2.75) is 25.4 Å². The number of hydrogen-bond acceptors (Lipinski definition) is 3. The molecule has 4 N–H and O–H groups in total. The molecule has 0 aliphatic heterocycles. The Kier molecular flexibility index (Phi) is 3.77. The normalized spacial score (nSPS) is 17.3. The van der Waals surface area contributed by atoms with E-state index in [0.717, 1.165) is 0 Å². The summed E-state index contributed by atoms with van der Waals surface area (Å²) in [6.07, 6.45) is 1.18. The average molecular weight is 133 g/mol. The van der Waals surface area contributed by atoms with Crippen molar-refractivity contribution in [1.29, 1.82) is 0 Å². The van der Waals surface area contributed by atoms with Crippen LogP contribution in [0.15, 0.2) is 0 Å². The van der Waals surface area contributed by atoms with Gasteiger partial charge in [0.25, 0.3) is 0 Å². The highest BCUT2D eigenvalue weighted by molar-refractivity contribution is 4.72. The summed E-state index contributed by atoms with van der Waals surface area (Å²) >= 11 is 0. The van der Waals surface area contributed by atoms with Gasteiger partial charge in [0.05, 0.1) is 5.60 Å². The zero-order chi connectivity index (χ0) is 7.33. The van der Waals surface area contributed by atoms with E-state index in [1.54, 1.807) is 6.92 Å². The van der Waals surface area contributed by atoms with Crippen LogP contribution in [0.2, 0.25) is 0 Å². The first-order chi connectivity index (χ1) is 4.12. The maximum atomic E-state index is 9.22. The fourth-order valence-corrected chi connectivity index (χ4v) is 0.562. The Balaban J connectivity index is 3.33. The predicted molar refractivity (Wildman–Crippen MR) is 36.0 cm³/mol. The first-order valence-corrected chi connectivity index (χ1v) is 3.16. The molecule has 0 radical (unpaired) electrons. The minimum Gasteiger partial charge on any atom is -0.396 e. The van der Waals surface area contributed by atoms with Gasteiger partial charge in [0.1, 0.15) is 0 Å². The Morgan fingerprint density at radius 2 is 2.11 bits per heavy atom. The summed E-state index contributed by atoms with van der Waals surface area (Å²) in [6.45, 7) is 2.05. The van der Waals surface area contributed by atoms with E-state index >= 15 is 0 Å². The molecular formula is C6H15NO2. The minimum absolute atomic E-state index is 0.121. The van der Waals surface area contributed by atoms with Gasteiger partial charge in [0, 0.05) is 13.2 Å². The number of aliphatic hydroxyl groups excluding tert-OH is 1. The first-order valence-electron chi connectivity index (χ1n) is 3.16. The lowest BCUT2D eigenvalue weighted by molar-refractivity contribution is 0.0524. The van der Waals surface area contributed by atoms with Crippen LogP contribution in [0, 0.1) is 0 Å². The van der Waals surface area contributed by atoms with Gasteiger partial charge in [-0.25, -0.2) is 0 Å². The molecule has 0 spiro atoms. The van der Waals surface area contributed by atoms with Crippen LogP contribution in [0.1, 0.15) is 19.8 Å². The molecule has 0 aliphatic rings. The second kappa shape index (κ2) is 3.82. The van der Waals surface area contributed by atoms with E-state index in [1.807, 2.05) is 0 Å². The summed E-state index contributed by atoms with van der Waals surface area (Å²) in [5, 5.41) is 17.6. The van der Waals surface area contributed by atoms with Gasteiger partial charge in [-0.1, -0.05) is 0 Å². The van der Waals surface area contributed by atoms with Crippen LogP contribution in [0.5, 0.6) is 0 Å². The fraction of sp³-hybridized carbons (Fsp3) is 1.00. The van der Waals surface area contributed by atoms with Crippen LogP contribution in [0.3, 0.4) is 0 Å². The fourth-order valence-electron chi connectivity index (χ4n) is 0.562. The zero-order valence-electron chi connectivity index (χ0n) is 5.80. The lowest BCUT2D eigenvalue weighted by atomic mass is 10.0.